The van der Waals surface area contributed by atoms with Crippen molar-refractivity contribution < 1.29 is 38.5 Å². The number of hydrogen-bond acceptors (Lipinski definition) is 8. The van der Waals surface area contributed by atoms with Crippen LogP contribution in [-0.4, -0.2) is 106 Å². The Bertz CT molecular complexity index is 1420. The van der Waals surface area contributed by atoms with Gasteiger partial charge in [-0.05, 0) is 37.2 Å². The van der Waals surface area contributed by atoms with Crippen molar-refractivity contribution in [3.63, 3.8) is 0 Å². The van der Waals surface area contributed by atoms with E-state index in [1.54, 1.807) is 12.2 Å². The summed E-state index contributed by atoms with van der Waals surface area (Å²) in [6.45, 7) is 11.5. The van der Waals surface area contributed by atoms with Gasteiger partial charge < -0.3 is 34.4 Å². The Labute approximate surface area is 310 Å². The lowest BCUT2D eigenvalue weighted by molar-refractivity contribution is -0.164. The number of amides is 3. The van der Waals surface area contributed by atoms with Gasteiger partial charge in [0, 0.05) is 30.9 Å². The number of alkyl halides is 1. The molecule has 1 aromatic carbocycles. The van der Waals surface area contributed by atoms with Gasteiger partial charge in [0.1, 0.15) is 17.7 Å². The number of rotatable bonds is 17. The average Bonchev–Trinajstić information content (AvgIpc) is 3.72. The molecule has 3 aliphatic heterocycles. The largest absolute Gasteiger partial charge is 0.455 e. The van der Waals surface area contributed by atoms with Crippen molar-refractivity contribution in [2.75, 3.05) is 26.9 Å². The summed E-state index contributed by atoms with van der Waals surface area (Å²) in [7, 11) is 1.51. The van der Waals surface area contributed by atoms with E-state index in [4.69, 9.17) is 14.2 Å². The molecular formula is C39H54BrN3O8. The van der Waals surface area contributed by atoms with E-state index in [-0.39, 0.29) is 48.2 Å². The SMILES string of the molecule is C=CCCC(=O)N[C@H](COC)[C@H](OC(=O)[C@H]1[C@@H]2O[C@@]3(CC2Br)[C@@H]1C(=O)N([C@@H](CO)C(C)C)[C@@H]3C(=O)N(CC=C)C1CCCCC1)c1ccccc1. The van der Waals surface area contributed by atoms with Crippen molar-refractivity contribution in [1.82, 2.24) is 15.1 Å². The molecule has 2 bridgehead atoms. The van der Waals surface area contributed by atoms with Crippen LogP contribution in [0.5, 0.6) is 0 Å². The molecule has 3 amide bonds. The Kier molecular flexibility index (Phi) is 13.2. The number of fused-ring (bicyclic) bond motifs is 1. The number of carbonyl (C=O) groups is 4. The monoisotopic (exact) mass is 771 g/mol. The number of aliphatic hydroxyl groups is 1. The minimum absolute atomic E-state index is 0.00606. The molecule has 1 unspecified atom stereocenters. The van der Waals surface area contributed by atoms with Gasteiger partial charge in [0.15, 0.2) is 0 Å². The Hall–Kier alpha value is -3.06. The number of carbonyl (C=O) groups excluding carboxylic acids is 4. The van der Waals surface area contributed by atoms with Crippen molar-refractivity contribution in [1.29, 1.82) is 0 Å². The van der Waals surface area contributed by atoms with Crippen molar-refractivity contribution >= 4 is 39.6 Å². The van der Waals surface area contributed by atoms with Crippen LogP contribution in [0, 0.1) is 17.8 Å². The number of ether oxygens (including phenoxy) is 3. The fourth-order valence-corrected chi connectivity index (χ4v) is 9.77. The normalized spacial score (nSPS) is 28.9. The third-order valence-electron chi connectivity index (χ3n) is 11.2. The summed E-state index contributed by atoms with van der Waals surface area (Å²) in [5.41, 5.74) is -0.675. The summed E-state index contributed by atoms with van der Waals surface area (Å²) in [4.78, 5) is 60.4. The fraction of sp³-hybridized carbons (Fsp3) is 0.641. The Morgan fingerprint density at radius 2 is 1.86 bits per heavy atom. The number of benzene rings is 1. The highest BCUT2D eigenvalue weighted by Gasteiger charge is 2.78. The maximum Gasteiger partial charge on any atom is 0.313 e. The molecule has 0 radical (unpaired) electrons. The van der Waals surface area contributed by atoms with E-state index in [0.717, 1.165) is 32.1 Å². The molecule has 280 valence electrons. The predicted octanol–water partition coefficient (Wildman–Crippen LogP) is 4.48. The van der Waals surface area contributed by atoms with E-state index in [1.807, 2.05) is 49.1 Å². The van der Waals surface area contributed by atoms with Gasteiger partial charge in [-0.3, -0.25) is 19.2 Å². The number of allylic oxidation sites excluding steroid dienone is 1. The molecule has 9 atom stereocenters. The quantitative estimate of drug-likeness (QED) is 0.135. The zero-order valence-electron chi connectivity index (χ0n) is 30.1. The Morgan fingerprint density at radius 3 is 2.47 bits per heavy atom. The second kappa shape index (κ2) is 17.2. The van der Waals surface area contributed by atoms with Crippen LogP contribution in [-0.2, 0) is 33.4 Å². The lowest BCUT2D eigenvalue weighted by Crippen LogP contribution is -2.61. The summed E-state index contributed by atoms with van der Waals surface area (Å²) in [6, 6.07) is 6.65. The van der Waals surface area contributed by atoms with Gasteiger partial charge in [-0.25, -0.2) is 0 Å². The fourth-order valence-electron chi connectivity index (χ4n) is 8.83. The number of esters is 1. The molecule has 4 aliphatic rings. The van der Waals surface area contributed by atoms with Crippen LogP contribution in [0.25, 0.3) is 0 Å². The number of nitrogens with one attached hydrogen (secondary N) is 1. The molecule has 1 spiro atoms. The number of nitrogens with zero attached hydrogens (tertiary/aromatic N) is 2. The highest BCUT2D eigenvalue weighted by atomic mass is 79.9. The van der Waals surface area contributed by atoms with Gasteiger partial charge in [0.05, 0.1) is 43.2 Å². The standard InChI is InChI=1S/C39H54BrN3O8/c1-6-8-19-30(45)41-28(23-49-5)33(25-15-11-9-12-16-25)50-38(48)31-32-36(46)43(29(22-44)24(3)4)35(39(32)21-27(40)34(31)51-39)37(47)42(20-7-2)26-17-13-10-14-18-26/h6-7,9,11-12,15-16,24,26-29,31-35,44H,1-2,8,10,13-14,17-23H2,3-5H3,(H,41,45)/t27?,28-,29+,31-,32+,33-,34-,35-,39+/m1/s1. The number of methoxy groups -OCH3 is 1. The minimum Gasteiger partial charge on any atom is -0.455 e. The highest BCUT2D eigenvalue weighted by molar-refractivity contribution is 9.09. The first-order chi connectivity index (χ1) is 24.5. The van der Waals surface area contributed by atoms with Gasteiger partial charge in [0.25, 0.3) is 0 Å². The summed E-state index contributed by atoms with van der Waals surface area (Å²) in [6.07, 6.45) is 7.56. The van der Waals surface area contributed by atoms with E-state index in [2.05, 4.69) is 34.4 Å². The molecule has 12 heteroatoms. The first-order valence-corrected chi connectivity index (χ1v) is 19.3. The number of hydrogen-bond donors (Lipinski definition) is 2. The predicted molar refractivity (Wildman–Crippen MR) is 196 cm³/mol. The molecule has 5 rings (SSSR count). The number of likely N-dealkylation sites (tertiary alicyclic amines) is 1. The van der Waals surface area contributed by atoms with Gasteiger partial charge in [0.2, 0.25) is 17.7 Å². The van der Waals surface area contributed by atoms with Crippen LogP contribution >= 0.6 is 15.9 Å². The lowest BCUT2D eigenvalue weighted by atomic mass is 9.70. The zero-order valence-corrected chi connectivity index (χ0v) is 31.7. The van der Waals surface area contributed by atoms with Crippen LogP contribution in [0.2, 0.25) is 0 Å². The first kappa shape index (κ1) is 39.2. The maximum absolute atomic E-state index is 15.0. The van der Waals surface area contributed by atoms with Crippen molar-refractivity contribution in [3.8, 4) is 0 Å². The van der Waals surface area contributed by atoms with Crippen LogP contribution in [0.15, 0.2) is 55.6 Å². The van der Waals surface area contributed by atoms with E-state index < -0.39 is 59.6 Å². The first-order valence-electron chi connectivity index (χ1n) is 18.3. The number of halogens is 1. The third-order valence-corrected chi connectivity index (χ3v) is 12.0. The molecule has 1 saturated carbocycles. The van der Waals surface area contributed by atoms with Crippen molar-refractivity contribution in [2.24, 2.45) is 17.8 Å². The second-order valence-electron chi connectivity index (χ2n) is 14.7. The second-order valence-corrected chi connectivity index (χ2v) is 15.9. The topological polar surface area (TPSA) is 135 Å². The van der Waals surface area contributed by atoms with Crippen LogP contribution in [0.4, 0.5) is 0 Å². The smallest absolute Gasteiger partial charge is 0.313 e. The average molecular weight is 773 g/mol. The van der Waals surface area contributed by atoms with E-state index >= 15 is 0 Å². The van der Waals surface area contributed by atoms with Gasteiger partial charge in [-0.2, -0.15) is 0 Å². The molecule has 3 saturated heterocycles. The van der Waals surface area contributed by atoms with Crippen molar-refractivity contribution in [3.05, 3.63) is 61.2 Å². The van der Waals surface area contributed by atoms with Gasteiger partial charge in [-0.15, -0.1) is 13.2 Å². The van der Waals surface area contributed by atoms with Gasteiger partial charge >= 0.3 is 5.97 Å². The number of aliphatic hydroxyl groups excluding tert-OH is 1. The minimum atomic E-state index is -1.32. The Balaban J connectivity index is 1.54. The van der Waals surface area contributed by atoms with Crippen LogP contribution in [0.1, 0.15) is 76.9 Å². The summed E-state index contributed by atoms with van der Waals surface area (Å²) < 4.78 is 18.6. The molecule has 3 heterocycles. The molecule has 2 N–H and O–H groups in total. The van der Waals surface area contributed by atoms with Gasteiger partial charge in [-0.1, -0.05) is 91.5 Å². The highest BCUT2D eigenvalue weighted by Crippen LogP contribution is 2.61. The Morgan fingerprint density at radius 1 is 1.16 bits per heavy atom. The molecule has 4 fully saturated rings. The van der Waals surface area contributed by atoms with Crippen LogP contribution in [0.3, 0.4) is 0 Å². The van der Waals surface area contributed by atoms with E-state index in [1.165, 1.54) is 12.0 Å². The molecule has 1 aliphatic carbocycles. The summed E-state index contributed by atoms with van der Waals surface area (Å²) in [5, 5.41) is 13.6. The molecule has 11 nitrogen and oxygen atoms in total. The van der Waals surface area contributed by atoms with E-state index in [0.29, 0.717) is 24.9 Å². The molecule has 1 aromatic rings. The summed E-state index contributed by atoms with van der Waals surface area (Å²) >= 11 is 3.76. The van der Waals surface area contributed by atoms with Crippen LogP contribution < -0.4 is 5.32 Å². The lowest BCUT2D eigenvalue weighted by Gasteiger charge is -2.43. The maximum atomic E-state index is 15.0. The van der Waals surface area contributed by atoms with E-state index in [9.17, 15) is 24.3 Å². The zero-order chi connectivity index (χ0) is 36.9. The molecule has 51 heavy (non-hydrogen) atoms. The summed E-state index contributed by atoms with van der Waals surface area (Å²) in [5.74, 6) is -3.78. The third kappa shape index (κ3) is 7.70. The molecular weight excluding hydrogens is 718 g/mol. The molecule has 0 aromatic heterocycles. The van der Waals surface area contributed by atoms with Crippen molar-refractivity contribution in [2.45, 2.75) is 112 Å².